The van der Waals surface area contributed by atoms with Gasteiger partial charge in [-0.3, -0.25) is 4.79 Å². The molecule has 1 amide bonds. The van der Waals surface area contributed by atoms with Crippen molar-refractivity contribution in [3.05, 3.63) is 54.0 Å². The molecule has 92 valence electrons. The maximum absolute atomic E-state index is 12.7. The zero-order valence-electron chi connectivity index (χ0n) is 9.77. The number of hydrogen-bond donors (Lipinski definition) is 2. The molecule has 0 aliphatic rings. The Labute approximate surface area is 104 Å². The molecule has 0 saturated carbocycles. The summed E-state index contributed by atoms with van der Waals surface area (Å²) < 4.78 is 12.7. The van der Waals surface area contributed by atoms with Gasteiger partial charge < -0.3 is 10.6 Å². The number of nitrogens with zero attached hydrogens (tertiary/aromatic N) is 1. The van der Waals surface area contributed by atoms with E-state index >= 15 is 0 Å². The molecule has 4 nitrogen and oxygen atoms in total. The van der Waals surface area contributed by atoms with Crippen LogP contribution in [-0.2, 0) is 0 Å². The normalized spacial score (nSPS) is 9.89. The zero-order valence-corrected chi connectivity index (χ0v) is 9.77. The van der Waals surface area contributed by atoms with Gasteiger partial charge in [0, 0.05) is 12.6 Å². The van der Waals surface area contributed by atoms with E-state index in [1.165, 1.54) is 24.3 Å². The fourth-order valence-electron chi connectivity index (χ4n) is 1.42. The number of halogens is 1. The van der Waals surface area contributed by atoms with Gasteiger partial charge in [-0.15, -0.1) is 0 Å². The van der Waals surface area contributed by atoms with E-state index in [0.717, 1.165) is 5.82 Å². The molecule has 0 fully saturated rings. The third kappa shape index (κ3) is 2.82. The minimum absolute atomic E-state index is 0.297. The van der Waals surface area contributed by atoms with Crippen LogP contribution in [0.2, 0.25) is 0 Å². The van der Waals surface area contributed by atoms with E-state index in [2.05, 4.69) is 15.6 Å². The van der Waals surface area contributed by atoms with E-state index in [0.29, 0.717) is 11.3 Å². The lowest BCUT2D eigenvalue weighted by Gasteiger charge is -2.05. The van der Waals surface area contributed by atoms with Crippen molar-refractivity contribution in [1.29, 1.82) is 0 Å². The number of hydrogen-bond acceptors (Lipinski definition) is 3. The first-order chi connectivity index (χ1) is 8.69. The third-order valence-electron chi connectivity index (χ3n) is 2.38. The number of rotatable bonds is 3. The van der Waals surface area contributed by atoms with Crippen molar-refractivity contribution in [3.63, 3.8) is 0 Å². The molecule has 0 aliphatic carbocycles. The van der Waals surface area contributed by atoms with Gasteiger partial charge in [0.05, 0.1) is 11.9 Å². The van der Waals surface area contributed by atoms with Crippen molar-refractivity contribution in [2.75, 3.05) is 17.7 Å². The van der Waals surface area contributed by atoms with E-state index < -0.39 is 0 Å². The minimum atomic E-state index is -0.369. The second kappa shape index (κ2) is 5.27. The molecular weight excluding hydrogens is 233 g/mol. The van der Waals surface area contributed by atoms with E-state index in [1.54, 1.807) is 25.4 Å². The summed E-state index contributed by atoms with van der Waals surface area (Å²) in [6.07, 6.45) is 1.55. The van der Waals surface area contributed by atoms with Crippen molar-refractivity contribution >= 4 is 17.4 Å². The first kappa shape index (κ1) is 12.0. The van der Waals surface area contributed by atoms with Gasteiger partial charge >= 0.3 is 0 Å². The van der Waals surface area contributed by atoms with Crippen LogP contribution in [0.25, 0.3) is 0 Å². The average molecular weight is 245 g/mol. The topological polar surface area (TPSA) is 54.0 Å². The maximum Gasteiger partial charge on any atom is 0.255 e. The largest absolute Gasteiger partial charge is 0.373 e. The lowest BCUT2D eigenvalue weighted by atomic mass is 10.2. The van der Waals surface area contributed by atoms with Crippen molar-refractivity contribution in [1.82, 2.24) is 4.98 Å². The third-order valence-corrected chi connectivity index (χ3v) is 2.38. The van der Waals surface area contributed by atoms with Gasteiger partial charge in [-0.05, 0) is 36.4 Å². The van der Waals surface area contributed by atoms with Crippen LogP contribution >= 0.6 is 0 Å². The molecule has 5 heteroatoms. The summed E-state index contributed by atoms with van der Waals surface area (Å²) in [5.74, 6) is 0.0513. The number of anilines is 2. The van der Waals surface area contributed by atoms with Crippen LogP contribution in [0.4, 0.5) is 15.9 Å². The fourth-order valence-corrected chi connectivity index (χ4v) is 1.42. The van der Waals surface area contributed by atoms with Crippen molar-refractivity contribution in [2.24, 2.45) is 0 Å². The monoisotopic (exact) mass is 245 g/mol. The number of aromatic nitrogens is 1. The Balaban J connectivity index is 2.08. The van der Waals surface area contributed by atoms with Crippen LogP contribution in [0.5, 0.6) is 0 Å². The van der Waals surface area contributed by atoms with Crippen LogP contribution in [0.1, 0.15) is 10.4 Å². The smallest absolute Gasteiger partial charge is 0.255 e. The summed E-state index contributed by atoms with van der Waals surface area (Å²) in [6.45, 7) is 0. The number of amides is 1. The molecule has 1 aromatic carbocycles. The maximum atomic E-state index is 12.7. The summed E-state index contributed by atoms with van der Waals surface area (Å²) in [6, 6.07) is 8.84. The molecule has 2 aromatic rings. The Morgan fingerprint density at radius 2 is 1.89 bits per heavy atom. The molecule has 0 bridgehead atoms. The molecular formula is C13H12FN3O. The fraction of sp³-hybridized carbons (Fsp3) is 0.0769. The van der Waals surface area contributed by atoms with Crippen LogP contribution in [-0.4, -0.2) is 17.9 Å². The molecule has 1 aromatic heterocycles. The van der Waals surface area contributed by atoms with E-state index in [4.69, 9.17) is 0 Å². The molecule has 0 atom stereocenters. The zero-order chi connectivity index (χ0) is 13.0. The summed E-state index contributed by atoms with van der Waals surface area (Å²) in [5.41, 5.74) is 0.984. The first-order valence-electron chi connectivity index (χ1n) is 5.40. The van der Waals surface area contributed by atoms with Crippen molar-refractivity contribution in [3.8, 4) is 0 Å². The van der Waals surface area contributed by atoms with E-state index in [-0.39, 0.29) is 11.7 Å². The number of benzene rings is 1. The predicted molar refractivity (Wildman–Crippen MR) is 68.1 cm³/mol. The summed E-state index contributed by atoms with van der Waals surface area (Å²) >= 11 is 0. The minimum Gasteiger partial charge on any atom is -0.373 e. The second-order valence-electron chi connectivity index (χ2n) is 3.64. The molecule has 18 heavy (non-hydrogen) atoms. The molecule has 0 saturated heterocycles. The Bertz CT molecular complexity index is 537. The molecule has 1 heterocycles. The van der Waals surface area contributed by atoms with Gasteiger partial charge in [0.25, 0.3) is 5.91 Å². The average Bonchev–Trinajstić information content (AvgIpc) is 2.40. The Kier molecular flexibility index (Phi) is 3.52. The van der Waals surface area contributed by atoms with Gasteiger partial charge in [0.1, 0.15) is 11.6 Å². The SMILES string of the molecule is CNc1ccc(NC(=O)c2ccc(F)cc2)cn1. The number of carbonyl (C=O) groups is 1. The van der Waals surface area contributed by atoms with Gasteiger partial charge in [-0.1, -0.05) is 0 Å². The lowest BCUT2D eigenvalue weighted by Crippen LogP contribution is -2.12. The standard InChI is InChI=1S/C13H12FN3O/c1-15-12-7-6-11(8-16-12)17-13(18)9-2-4-10(14)5-3-9/h2-8H,1H3,(H,15,16)(H,17,18). The van der Waals surface area contributed by atoms with Crippen molar-refractivity contribution in [2.45, 2.75) is 0 Å². The highest BCUT2D eigenvalue weighted by atomic mass is 19.1. The molecule has 2 N–H and O–H groups in total. The van der Waals surface area contributed by atoms with Crippen LogP contribution < -0.4 is 10.6 Å². The Morgan fingerprint density at radius 3 is 2.44 bits per heavy atom. The van der Waals surface area contributed by atoms with Gasteiger partial charge in [0.15, 0.2) is 0 Å². The number of carbonyl (C=O) groups excluding carboxylic acids is 1. The van der Waals surface area contributed by atoms with E-state index in [9.17, 15) is 9.18 Å². The van der Waals surface area contributed by atoms with Crippen LogP contribution in [0, 0.1) is 5.82 Å². The van der Waals surface area contributed by atoms with E-state index in [1.807, 2.05) is 0 Å². The van der Waals surface area contributed by atoms with Gasteiger partial charge in [-0.2, -0.15) is 0 Å². The molecule has 0 spiro atoms. The Morgan fingerprint density at radius 1 is 1.17 bits per heavy atom. The highest BCUT2D eigenvalue weighted by molar-refractivity contribution is 6.04. The van der Waals surface area contributed by atoms with Gasteiger partial charge in [-0.25, -0.2) is 9.37 Å². The number of nitrogens with one attached hydrogen (secondary N) is 2. The quantitative estimate of drug-likeness (QED) is 0.873. The predicted octanol–water partition coefficient (Wildman–Crippen LogP) is 2.51. The molecule has 2 rings (SSSR count). The molecule has 0 radical (unpaired) electrons. The Hall–Kier alpha value is -2.43. The summed E-state index contributed by atoms with van der Waals surface area (Å²) in [4.78, 5) is 15.9. The second-order valence-corrected chi connectivity index (χ2v) is 3.64. The van der Waals surface area contributed by atoms with Crippen molar-refractivity contribution < 1.29 is 9.18 Å². The molecule has 0 unspecified atom stereocenters. The first-order valence-corrected chi connectivity index (χ1v) is 5.40. The summed E-state index contributed by atoms with van der Waals surface area (Å²) in [7, 11) is 1.76. The lowest BCUT2D eigenvalue weighted by molar-refractivity contribution is 0.102. The highest BCUT2D eigenvalue weighted by Crippen LogP contribution is 2.11. The van der Waals surface area contributed by atoms with Gasteiger partial charge in [0.2, 0.25) is 0 Å². The van der Waals surface area contributed by atoms with Crippen LogP contribution in [0.3, 0.4) is 0 Å². The molecule has 0 aliphatic heterocycles. The van der Waals surface area contributed by atoms with Crippen LogP contribution in [0.15, 0.2) is 42.6 Å². The highest BCUT2D eigenvalue weighted by Gasteiger charge is 2.06. The summed E-state index contributed by atoms with van der Waals surface area (Å²) in [5, 5.41) is 5.56. The number of pyridine rings is 1.